The van der Waals surface area contributed by atoms with Crippen molar-refractivity contribution in [3.05, 3.63) is 77.9 Å². The highest BCUT2D eigenvalue weighted by atomic mass is 16.2. The van der Waals surface area contributed by atoms with E-state index in [0.717, 1.165) is 41.9 Å². The summed E-state index contributed by atoms with van der Waals surface area (Å²) in [7, 11) is 0. The van der Waals surface area contributed by atoms with E-state index in [4.69, 9.17) is 0 Å². The molecule has 192 valence electrons. The lowest BCUT2D eigenvalue weighted by Crippen LogP contribution is -2.53. The van der Waals surface area contributed by atoms with Gasteiger partial charge in [-0.2, -0.15) is 0 Å². The standard InChI is InChI=1S/C30H35N5O2/c1-22-11-13-25(14-12-22)27-15-16-28(32-31-27)33-17-19-34(20-18-33)29(36)21-35(30(37)26-9-6-10-26)23(2)24-7-4-3-5-8-24/h3-5,7-8,11-16,23,26H,6,9-10,17-21H2,1-2H3. The van der Waals surface area contributed by atoms with Gasteiger partial charge in [-0.15, -0.1) is 10.2 Å². The third-order valence-corrected chi connectivity index (χ3v) is 7.75. The number of hydrogen-bond acceptors (Lipinski definition) is 5. The summed E-state index contributed by atoms with van der Waals surface area (Å²) in [5.74, 6) is 0.995. The van der Waals surface area contributed by atoms with Gasteiger partial charge in [-0.05, 0) is 44.4 Å². The van der Waals surface area contributed by atoms with E-state index < -0.39 is 0 Å². The molecule has 1 unspecified atom stereocenters. The number of carbonyl (C=O) groups excluding carboxylic acids is 2. The molecule has 3 aromatic rings. The Morgan fingerprint density at radius 1 is 0.919 bits per heavy atom. The molecular formula is C30H35N5O2. The van der Waals surface area contributed by atoms with Crippen molar-refractivity contribution in [1.29, 1.82) is 0 Å². The van der Waals surface area contributed by atoms with Crippen LogP contribution in [0.4, 0.5) is 5.82 Å². The van der Waals surface area contributed by atoms with Gasteiger partial charge in [-0.25, -0.2) is 0 Å². The minimum atomic E-state index is -0.137. The van der Waals surface area contributed by atoms with E-state index in [1.54, 1.807) is 4.90 Å². The first-order valence-electron chi connectivity index (χ1n) is 13.3. The second-order valence-corrected chi connectivity index (χ2v) is 10.2. The summed E-state index contributed by atoms with van der Waals surface area (Å²) in [6.45, 7) is 6.80. The molecule has 2 amide bonds. The van der Waals surface area contributed by atoms with Crippen LogP contribution in [0.15, 0.2) is 66.7 Å². The fourth-order valence-electron chi connectivity index (χ4n) is 5.01. The van der Waals surface area contributed by atoms with Crippen molar-refractivity contribution in [2.24, 2.45) is 5.92 Å². The van der Waals surface area contributed by atoms with Crippen molar-refractivity contribution in [3.8, 4) is 11.3 Å². The predicted octanol–water partition coefficient (Wildman–Crippen LogP) is 4.49. The number of aromatic nitrogens is 2. The molecule has 0 N–H and O–H groups in total. The van der Waals surface area contributed by atoms with Gasteiger partial charge in [-0.3, -0.25) is 9.59 Å². The van der Waals surface area contributed by atoms with Gasteiger partial charge in [0.05, 0.1) is 11.7 Å². The lowest BCUT2D eigenvalue weighted by Gasteiger charge is -2.39. The molecule has 5 rings (SSSR count). The molecule has 2 fully saturated rings. The lowest BCUT2D eigenvalue weighted by molar-refractivity contribution is -0.147. The first-order valence-corrected chi connectivity index (χ1v) is 13.3. The number of amides is 2. The van der Waals surface area contributed by atoms with Crippen LogP contribution in [0.5, 0.6) is 0 Å². The Morgan fingerprint density at radius 3 is 2.22 bits per heavy atom. The first-order chi connectivity index (χ1) is 18.0. The maximum absolute atomic E-state index is 13.3. The predicted molar refractivity (Wildman–Crippen MR) is 145 cm³/mol. The normalized spacial score (nSPS) is 16.7. The summed E-state index contributed by atoms with van der Waals surface area (Å²) in [4.78, 5) is 32.4. The van der Waals surface area contributed by atoms with Crippen molar-refractivity contribution in [3.63, 3.8) is 0 Å². The molecule has 1 atom stereocenters. The quantitative estimate of drug-likeness (QED) is 0.481. The Morgan fingerprint density at radius 2 is 1.62 bits per heavy atom. The second-order valence-electron chi connectivity index (χ2n) is 10.2. The van der Waals surface area contributed by atoms with Crippen molar-refractivity contribution in [1.82, 2.24) is 20.0 Å². The molecule has 0 spiro atoms. The zero-order valence-electron chi connectivity index (χ0n) is 21.7. The Bertz CT molecular complexity index is 1200. The van der Waals surface area contributed by atoms with Crippen LogP contribution >= 0.6 is 0 Å². The number of hydrogen-bond donors (Lipinski definition) is 0. The topological polar surface area (TPSA) is 69.6 Å². The fourth-order valence-corrected chi connectivity index (χ4v) is 5.01. The van der Waals surface area contributed by atoms with Crippen LogP contribution < -0.4 is 4.90 Å². The third-order valence-electron chi connectivity index (χ3n) is 7.75. The van der Waals surface area contributed by atoms with E-state index in [1.807, 2.05) is 54.3 Å². The smallest absolute Gasteiger partial charge is 0.242 e. The van der Waals surface area contributed by atoms with Crippen LogP contribution in [0.1, 0.15) is 43.4 Å². The zero-order valence-corrected chi connectivity index (χ0v) is 21.7. The van der Waals surface area contributed by atoms with Crippen molar-refractivity contribution >= 4 is 17.6 Å². The van der Waals surface area contributed by atoms with Gasteiger partial charge < -0.3 is 14.7 Å². The zero-order chi connectivity index (χ0) is 25.8. The first kappa shape index (κ1) is 24.9. The van der Waals surface area contributed by atoms with E-state index in [0.29, 0.717) is 26.2 Å². The van der Waals surface area contributed by atoms with E-state index in [-0.39, 0.29) is 30.3 Å². The maximum atomic E-state index is 13.3. The van der Waals surface area contributed by atoms with Crippen LogP contribution in [0.3, 0.4) is 0 Å². The number of benzene rings is 2. The molecule has 1 saturated carbocycles. The Balaban J connectivity index is 1.20. The van der Waals surface area contributed by atoms with Gasteiger partial charge >= 0.3 is 0 Å². The molecule has 0 bridgehead atoms. The second kappa shape index (κ2) is 11.1. The maximum Gasteiger partial charge on any atom is 0.242 e. The van der Waals surface area contributed by atoms with Crippen LogP contribution in [-0.2, 0) is 9.59 Å². The SMILES string of the molecule is Cc1ccc(-c2ccc(N3CCN(C(=O)CN(C(=O)C4CCC4)C(C)c4ccccc4)CC3)nn2)cc1. The molecule has 1 aliphatic heterocycles. The van der Waals surface area contributed by atoms with Gasteiger partial charge in [0.15, 0.2) is 5.82 Å². The molecule has 2 aliphatic rings. The van der Waals surface area contributed by atoms with Gasteiger partial charge in [0.2, 0.25) is 11.8 Å². The van der Waals surface area contributed by atoms with Crippen LogP contribution in [0, 0.1) is 12.8 Å². The van der Waals surface area contributed by atoms with Gasteiger partial charge in [0.25, 0.3) is 0 Å². The van der Waals surface area contributed by atoms with E-state index in [2.05, 4.69) is 46.3 Å². The van der Waals surface area contributed by atoms with Gasteiger partial charge in [0.1, 0.15) is 6.54 Å². The summed E-state index contributed by atoms with van der Waals surface area (Å²) in [6, 6.07) is 22.1. The molecule has 1 saturated heterocycles. The van der Waals surface area contributed by atoms with Gasteiger partial charge in [-0.1, -0.05) is 66.6 Å². The number of nitrogens with zero attached hydrogens (tertiary/aromatic N) is 5. The summed E-state index contributed by atoms with van der Waals surface area (Å²) < 4.78 is 0. The summed E-state index contributed by atoms with van der Waals surface area (Å²) >= 11 is 0. The van der Waals surface area contributed by atoms with E-state index >= 15 is 0 Å². The Kier molecular flexibility index (Phi) is 7.49. The molecule has 37 heavy (non-hydrogen) atoms. The summed E-state index contributed by atoms with van der Waals surface area (Å²) in [5.41, 5.74) is 4.17. The highest BCUT2D eigenvalue weighted by Crippen LogP contribution is 2.32. The highest BCUT2D eigenvalue weighted by molar-refractivity contribution is 5.87. The van der Waals surface area contributed by atoms with Gasteiger partial charge in [0, 0.05) is 37.7 Å². The number of aryl methyl sites for hydroxylation is 1. The summed E-state index contributed by atoms with van der Waals surface area (Å²) in [6.07, 6.45) is 2.94. The van der Waals surface area contributed by atoms with Crippen molar-refractivity contribution in [2.75, 3.05) is 37.6 Å². The van der Waals surface area contributed by atoms with Crippen LogP contribution in [0.2, 0.25) is 0 Å². The molecule has 2 aromatic carbocycles. The number of rotatable bonds is 7. The number of anilines is 1. The molecule has 1 aromatic heterocycles. The number of carbonyl (C=O) groups is 2. The molecule has 1 aliphatic carbocycles. The molecular weight excluding hydrogens is 462 g/mol. The largest absolute Gasteiger partial charge is 0.352 e. The minimum absolute atomic E-state index is 0.0101. The van der Waals surface area contributed by atoms with Crippen molar-refractivity contribution in [2.45, 2.75) is 39.2 Å². The average molecular weight is 498 g/mol. The fraction of sp³-hybridized carbons (Fsp3) is 0.400. The monoisotopic (exact) mass is 497 g/mol. The van der Waals surface area contributed by atoms with E-state index in [1.165, 1.54) is 5.56 Å². The van der Waals surface area contributed by atoms with Crippen LogP contribution in [-0.4, -0.2) is 64.5 Å². The summed E-state index contributed by atoms with van der Waals surface area (Å²) in [5, 5.41) is 8.88. The molecule has 7 heteroatoms. The molecule has 2 heterocycles. The average Bonchev–Trinajstić information content (AvgIpc) is 2.91. The Labute approximate surface area is 219 Å². The minimum Gasteiger partial charge on any atom is -0.352 e. The number of piperazine rings is 1. The van der Waals surface area contributed by atoms with Crippen molar-refractivity contribution < 1.29 is 9.59 Å². The molecule has 0 radical (unpaired) electrons. The third kappa shape index (κ3) is 5.66. The highest BCUT2D eigenvalue weighted by Gasteiger charge is 2.34. The Hall–Kier alpha value is -3.74. The van der Waals surface area contributed by atoms with Crippen LogP contribution in [0.25, 0.3) is 11.3 Å². The molecule has 7 nitrogen and oxygen atoms in total. The lowest BCUT2D eigenvalue weighted by atomic mass is 9.84. The van der Waals surface area contributed by atoms with E-state index in [9.17, 15) is 9.59 Å².